The van der Waals surface area contributed by atoms with Crippen molar-refractivity contribution in [1.29, 1.82) is 0 Å². The van der Waals surface area contributed by atoms with Gasteiger partial charge in [-0.3, -0.25) is 0 Å². The van der Waals surface area contributed by atoms with Crippen LogP contribution in [-0.2, 0) is 0 Å². The molecule has 0 aliphatic carbocycles. The number of nitrogens with zero attached hydrogens (tertiary/aromatic N) is 2. The van der Waals surface area contributed by atoms with Crippen molar-refractivity contribution in [1.82, 2.24) is 0 Å². The maximum absolute atomic E-state index is 5.44. The van der Waals surface area contributed by atoms with Gasteiger partial charge < -0.3 is 0 Å². The Hall–Kier alpha value is -7.42. The van der Waals surface area contributed by atoms with Gasteiger partial charge >= 0.3 is 0 Å². The van der Waals surface area contributed by atoms with E-state index >= 15 is 0 Å². The molecule has 0 saturated carbocycles. The van der Waals surface area contributed by atoms with Crippen molar-refractivity contribution in [2.24, 2.45) is 9.98 Å². The van der Waals surface area contributed by atoms with Crippen LogP contribution in [0.25, 0.3) is 77.9 Å². The number of para-hydroxylation sites is 1. The maximum Gasteiger partial charge on any atom is 0.0817 e. The van der Waals surface area contributed by atoms with Crippen LogP contribution in [0.1, 0.15) is 0 Å². The molecule has 0 atom stereocenters. The second-order valence-electron chi connectivity index (χ2n) is 14.4. The molecule has 0 bridgehead atoms. The van der Waals surface area contributed by atoms with E-state index in [0.717, 1.165) is 71.5 Å². The molecular formula is C54H34N2. The third kappa shape index (κ3) is 5.11. The molecule has 9 aromatic rings. The summed E-state index contributed by atoms with van der Waals surface area (Å²) >= 11 is 0. The summed E-state index contributed by atoms with van der Waals surface area (Å²) in [5, 5.41) is 4.26. The van der Waals surface area contributed by atoms with Crippen LogP contribution < -0.4 is 10.7 Å². The predicted octanol–water partition coefficient (Wildman–Crippen LogP) is 13.2. The van der Waals surface area contributed by atoms with Gasteiger partial charge in [0.2, 0.25) is 0 Å². The van der Waals surface area contributed by atoms with Crippen molar-refractivity contribution in [2.45, 2.75) is 0 Å². The molecule has 11 rings (SSSR count). The lowest BCUT2D eigenvalue weighted by Crippen LogP contribution is -2.02. The summed E-state index contributed by atoms with van der Waals surface area (Å²) in [7, 11) is 0. The molecule has 2 heteroatoms. The van der Waals surface area contributed by atoms with E-state index in [-0.39, 0.29) is 0 Å². The quantitative estimate of drug-likeness (QED) is 0.164. The first-order chi connectivity index (χ1) is 27.8. The van der Waals surface area contributed by atoms with Gasteiger partial charge in [0, 0.05) is 27.1 Å². The van der Waals surface area contributed by atoms with E-state index in [1.165, 1.54) is 38.9 Å². The second-order valence-corrected chi connectivity index (χ2v) is 14.4. The second kappa shape index (κ2) is 13.2. The fourth-order valence-corrected chi connectivity index (χ4v) is 8.80. The summed E-state index contributed by atoms with van der Waals surface area (Å²) in [6, 6.07) is 74.1. The van der Waals surface area contributed by atoms with Crippen molar-refractivity contribution in [3.63, 3.8) is 0 Å². The maximum atomic E-state index is 5.44. The SMILES string of the molecule is c1ccc(-c2ccccc2-c2ccccc2-c2c(-c3ccccc3)cc3c(c2-c2ccccc2-c2ccccc2)-c2c4c(ccc2=N3)=c2ccccc2=N4)cc1. The summed E-state index contributed by atoms with van der Waals surface area (Å²) in [6.45, 7) is 0. The third-order valence-electron chi connectivity index (χ3n) is 11.2. The lowest BCUT2D eigenvalue weighted by molar-refractivity contribution is 1.36. The summed E-state index contributed by atoms with van der Waals surface area (Å²) < 4.78 is 0. The standard InChI is InChI=1S/C54H34N2/c1-4-18-35(19-5-1)38-24-10-12-26-40(38)41-27-13-15-30-44(41)50-46(37-22-8-3-9-23-37)34-49-52(51(50)43-29-14-11-25-39(43)36-20-6-2-7-21-36)53-48(55-49)33-32-45-42-28-16-17-31-47(42)56-54(45)53/h1-34H. The predicted molar refractivity (Wildman–Crippen MR) is 230 cm³/mol. The Bertz CT molecular complexity index is 3220. The van der Waals surface area contributed by atoms with Gasteiger partial charge in [-0.25, -0.2) is 9.98 Å². The topological polar surface area (TPSA) is 24.7 Å². The van der Waals surface area contributed by atoms with E-state index in [9.17, 15) is 0 Å². The van der Waals surface area contributed by atoms with Gasteiger partial charge in [0.05, 0.1) is 22.1 Å². The molecule has 0 aromatic heterocycles. The number of benzene rings is 9. The van der Waals surface area contributed by atoms with Crippen LogP contribution >= 0.6 is 0 Å². The molecular weight excluding hydrogens is 677 g/mol. The first-order valence-corrected chi connectivity index (χ1v) is 19.2. The molecule has 0 N–H and O–H groups in total. The Morgan fingerprint density at radius 1 is 0.250 bits per heavy atom. The molecule has 2 aliphatic rings. The minimum Gasteiger partial charge on any atom is -0.248 e. The fraction of sp³-hybridized carbons (Fsp3) is 0. The minimum absolute atomic E-state index is 0.951. The van der Waals surface area contributed by atoms with E-state index < -0.39 is 0 Å². The third-order valence-corrected chi connectivity index (χ3v) is 11.2. The number of hydrogen-bond donors (Lipinski definition) is 0. The summed E-state index contributed by atoms with van der Waals surface area (Å²) in [6.07, 6.45) is 0. The van der Waals surface area contributed by atoms with Gasteiger partial charge in [-0.2, -0.15) is 0 Å². The molecule has 2 aliphatic heterocycles. The zero-order chi connectivity index (χ0) is 37.0. The van der Waals surface area contributed by atoms with Gasteiger partial charge in [0.25, 0.3) is 0 Å². The summed E-state index contributed by atoms with van der Waals surface area (Å²) in [4.78, 5) is 10.8. The number of fused-ring (bicyclic) bond motifs is 6. The molecule has 260 valence electrons. The highest BCUT2D eigenvalue weighted by Crippen LogP contribution is 2.56. The van der Waals surface area contributed by atoms with Crippen LogP contribution in [0.2, 0.25) is 0 Å². The Labute approximate surface area is 325 Å². The number of rotatable bonds is 6. The molecule has 2 nitrogen and oxygen atoms in total. The van der Waals surface area contributed by atoms with Crippen molar-refractivity contribution >= 4 is 11.4 Å². The first kappa shape index (κ1) is 32.0. The van der Waals surface area contributed by atoms with Crippen LogP contribution in [-0.4, -0.2) is 0 Å². The van der Waals surface area contributed by atoms with Crippen LogP contribution in [0.15, 0.2) is 216 Å². The highest BCUT2D eigenvalue weighted by molar-refractivity contribution is 6.12. The van der Waals surface area contributed by atoms with Crippen molar-refractivity contribution in [3.8, 4) is 77.9 Å². The van der Waals surface area contributed by atoms with Crippen LogP contribution in [0.4, 0.5) is 11.4 Å². The molecule has 0 spiro atoms. The van der Waals surface area contributed by atoms with E-state index in [2.05, 4.69) is 206 Å². The molecule has 56 heavy (non-hydrogen) atoms. The molecule has 0 unspecified atom stereocenters. The highest BCUT2D eigenvalue weighted by atomic mass is 14.8. The average molecular weight is 711 g/mol. The highest BCUT2D eigenvalue weighted by Gasteiger charge is 2.31. The number of hydrogen-bond acceptors (Lipinski definition) is 2. The van der Waals surface area contributed by atoms with Crippen molar-refractivity contribution < 1.29 is 0 Å². The van der Waals surface area contributed by atoms with Crippen LogP contribution in [0.3, 0.4) is 0 Å². The molecule has 2 heterocycles. The van der Waals surface area contributed by atoms with Crippen LogP contribution in [0.5, 0.6) is 0 Å². The Kier molecular flexibility index (Phi) is 7.53. The van der Waals surface area contributed by atoms with Gasteiger partial charge in [0.15, 0.2) is 0 Å². The molecule has 9 aromatic carbocycles. The molecule has 0 fully saturated rings. The summed E-state index contributed by atoms with van der Waals surface area (Å²) in [5.74, 6) is 0. The van der Waals surface area contributed by atoms with Gasteiger partial charge in [-0.05, 0) is 85.5 Å². The molecule has 0 radical (unpaired) electrons. The van der Waals surface area contributed by atoms with Gasteiger partial charge in [-0.15, -0.1) is 0 Å². The lowest BCUT2D eigenvalue weighted by atomic mass is 9.78. The Balaban J connectivity index is 1.32. The van der Waals surface area contributed by atoms with E-state index in [4.69, 9.17) is 9.98 Å². The Morgan fingerprint density at radius 3 is 1.34 bits per heavy atom. The van der Waals surface area contributed by atoms with Crippen LogP contribution in [0, 0.1) is 10.4 Å². The van der Waals surface area contributed by atoms with Gasteiger partial charge in [0.1, 0.15) is 0 Å². The Morgan fingerprint density at radius 2 is 0.714 bits per heavy atom. The smallest absolute Gasteiger partial charge is 0.0817 e. The first-order valence-electron chi connectivity index (χ1n) is 19.2. The summed E-state index contributed by atoms with van der Waals surface area (Å²) in [5.41, 5.74) is 18.2. The monoisotopic (exact) mass is 710 g/mol. The molecule has 0 saturated heterocycles. The zero-order valence-electron chi connectivity index (χ0n) is 30.5. The van der Waals surface area contributed by atoms with E-state index in [0.29, 0.717) is 0 Å². The largest absolute Gasteiger partial charge is 0.248 e. The van der Waals surface area contributed by atoms with E-state index in [1.54, 1.807) is 0 Å². The minimum atomic E-state index is 0.951. The van der Waals surface area contributed by atoms with Crippen molar-refractivity contribution in [2.75, 3.05) is 0 Å². The van der Waals surface area contributed by atoms with Crippen molar-refractivity contribution in [3.05, 3.63) is 227 Å². The normalized spacial score (nSPS) is 11.9. The van der Waals surface area contributed by atoms with Gasteiger partial charge in [-0.1, -0.05) is 182 Å². The lowest BCUT2D eigenvalue weighted by Gasteiger charge is -2.25. The zero-order valence-corrected chi connectivity index (χ0v) is 30.5. The van der Waals surface area contributed by atoms with E-state index in [1.807, 2.05) is 0 Å². The fourth-order valence-electron chi connectivity index (χ4n) is 8.80. The average Bonchev–Trinajstić information content (AvgIpc) is 3.85. The molecule has 0 amide bonds.